The van der Waals surface area contributed by atoms with Crippen molar-refractivity contribution < 1.29 is 17.9 Å². The van der Waals surface area contributed by atoms with Crippen LogP contribution in [0.15, 0.2) is 47.4 Å². The maximum absolute atomic E-state index is 12.5. The molecule has 6 nitrogen and oxygen atoms in total. The smallest absolute Gasteiger partial charge is 0.265 e. The van der Waals surface area contributed by atoms with Crippen LogP contribution in [-0.4, -0.2) is 37.8 Å². The third kappa shape index (κ3) is 4.91. The molecule has 1 atom stereocenters. The topological polar surface area (TPSA) is 75.7 Å². The van der Waals surface area contributed by atoms with E-state index in [1.165, 1.54) is 16.4 Å². The van der Waals surface area contributed by atoms with E-state index in [2.05, 4.69) is 5.32 Å². The average Bonchev–Trinajstić information content (AvgIpc) is 2.66. The Bertz CT molecular complexity index is 900. The zero-order valence-corrected chi connectivity index (χ0v) is 17.8. The van der Waals surface area contributed by atoms with Crippen LogP contribution in [-0.2, 0) is 14.8 Å². The van der Waals surface area contributed by atoms with Crippen LogP contribution in [0, 0.1) is 13.8 Å². The summed E-state index contributed by atoms with van der Waals surface area (Å²) >= 11 is 0. The van der Waals surface area contributed by atoms with Crippen LogP contribution < -0.4 is 10.1 Å². The molecule has 1 N–H and O–H groups in total. The van der Waals surface area contributed by atoms with E-state index in [-0.39, 0.29) is 10.8 Å². The van der Waals surface area contributed by atoms with Crippen LogP contribution in [0.1, 0.15) is 31.9 Å². The van der Waals surface area contributed by atoms with E-state index in [1.54, 1.807) is 32.9 Å². The molecule has 2 aromatic rings. The van der Waals surface area contributed by atoms with Gasteiger partial charge in [-0.05, 0) is 56.2 Å². The highest BCUT2D eigenvalue weighted by molar-refractivity contribution is 7.89. The number of aryl methyl sites for hydroxylation is 2. The summed E-state index contributed by atoms with van der Waals surface area (Å²) in [4.78, 5) is 12.7. The summed E-state index contributed by atoms with van der Waals surface area (Å²) in [6.07, 6.45) is -0.695. The number of hydrogen-bond acceptors (Lipinski definition) is 4. The number of hydrogen-bond donors (Lipinski definition) is 1. The summed E-state index contributed by atoms with van der Waals surface area (Å²) in [5.41, 5.74) is 2.44. The minimum Gasteiger partial charge on any atom is -0.480 e. The highest BCUT2D eigenvalue weighted by atomic mass is 32.2. The fourth-order valence-corrected chi connectivity index (χ4v) is 4.34. The molecule has 0 bridgehead atoms. The highest BCUT2D eigenvalue weighted by Crippen LogP contribution is 2.24. The predicted molar refractivity (Wildman–Crippen MR) is 111 cm³/mol. The molecule has 28 heavy (non-hydrogen) atoms. The third-order valence-corrected chi connectivity index (χ3v) is 6.60. The minimum absolute atomic E-state index is 0.203. The summed E-state index contributed by atoms with van der Waals surface area (Å²) in [6, 6.07) is 12.0. The number of carbonyl (C=O) groups excluding carboxylic acids is 1. The van der Waals surface area contributed by atoms with Crippen molar-refractivity contribution >= 4 is 21.6 Å². The Balaban J connectivity index is 2.08. The van der Waals surface area contributed by atoms with Gasteiger partial charge in [-0.1, -0.05) is 32.0 Å². The van der Waals surface area contributed by atoms with Gasteiger partial charge in [-0.15, -0.1) is 0 Å². The molecule has 0 saturated carbocycles. The van der Waals surface area contributed by atoms with Gasteiger partial charge in [0, 0.05) is 18.8 Å². The van der Waals surface area contributed by atoms with E-state index in [0.717, 1.165) is 11.1 Å². The monoisotopic (exact) mass is 404 g/mol. The molecule has 0 aliphatic rings. The first kappa shape index (κ1) is 21.9. The van der Waals surface area contributed by atoms with Crippen LogP contribution in [0.4, 0.5) is 5.69 Å². The number of rotatable bonds is 8. The van der Waals surface area contributed by atoms with E-state index in [9.17, 15) is 13.2 Å². The second kappa shape index (κ2) is 9.21. The van der Waals surface area contributed by atoms with Gasteiger partial charge in [0.25, 0.3) is 5.91 Å². The number of ether oxygens (including phenoxy) is 1. The fraction of sp³-hybridized carbons (Fsp3) is 0.381. The predicted octanol–water partition coefficient (Wildman–Crippen LogP) is 3.74. The number of anilines is 1. The Morgan fingerprint density at radius 2 is 1.57 bits per heavy atom. The lowest BCUT2D eigenvalue weighted by molar-refractivity contribution is -0.122. The summed E-state index contributed by atoms with van der Waals surface area (Å²) in [5.74, 6) is 0.396. The van der Waals surface area contributed by atoms with E-state index in [1.807, 2.05) is 32.0 Å². The van der Waals surface area contributed by atoms with E-state index < -0.39 is 16.1 Å². The zero-order valence-electron chi connectivity index (χ0n) is 17.0. The Morgan fingerprint density at radius 1 is 1.04 bits per heavy atom. The first-order valence-electron chi connectivity index (χ1n) is 9.34. The number of para-hydroxylation sites is 1. The van der Waals surface area contributed by atoms with Gasteiger partial charge >= 0.3 is 0 Å². The maximum Gasteiger partial charge on any atom is 0.265 e. The second-order valence-electron chi connectivity index (χ2n) is 6.58. The number of benzene rings is 2. The standard InChI is InChI=1S/C21H28N2O4S/c1-6-23(7-2)28(25,26)19-13-11-18(12-14-19)22-21(24)17(5)27-20-15(3)9-8-10-16(20)4/h8-14,17H,6-7H2,1-5H3,(H,22,24)/t17-/m1/s1. The third-order valence-electron chi connectivity index (χ3n) is 4.54. The van der Waals surface area contributed by atoms with Crippen LogP contribution in [0.25, 0.3) is 0 Å². The normalized spacial score (nSPS) is 12.6. The molecule has 0 fully saturated rings. The molecule has 152 valence electrons. The summed E-state index contributed by atoms with van der Waals surface area (Å²) < 4.78 is 32.3. The largest absolute Gasteiger partial charge is 0.480 e. The van der Waals surface area contributed by atoms with E-state index in [0.29, 0.717) is 24.5 Å². The van der Waals surface area contributed by atoms with Crippen molar-refractivity contribution in [3.8, 4) is 5.75 Å². The van der Waals surface area contributed by atoms with Crippen LogP contribution in [0.5, 0.6) is 5.75 Å². The Labute approximate surface area is 167 Å². The maximum atomic E-state index is 12.5. The summed E-state index contributed by atoms with van der Waals surface area (Å²) in [5, 5.41) is 2.76. The second-order valence-corrected chi connectivity index (χ2v) is 8.52. The summed E-state index contributed by atoms with van der Waals surface area (Å²) in [6.45, 7) is 9.96. The van der Waals surface area contributed by atoms with Crippen molar-refractivity contribution in [3.05, 3.63) is 53.6 Å². The molecule has 2 rings (SSSR count). The van der Waals surface area contributed by atoms with Gasteiger partial charge in [0.05, 0.1) is 4.90 Å². The number of amides is 1. The van der Waals surface area contributed by atoms with Crippen LogP contribution in [0.3, 0.4) is 0 Å². The van der Waals surface area contributed by atoms with Gasteiger partial charge in [-0.25, -0.2) is 8.42 Å². The molecule has 0 unspecified atom stereocenters. The van der Waals surface area contributed by atoms with Crippen molar-refractivity contribution in [2.24, 2.45) is 0 Å². The van der Waals surface area contributed by atoms with Crippen molar-refractivity contribution in [1.29, 1.82) is 0 Å². The first-order valence-corrected chi connectivity index (χ1v) is 10.8. The lowest BCUT2D eigenvalue weighted by atomic mass is 10.1. The lowest BCUT2D eigenvalue weighted by Crippen LogP contribution is -2.31. The molecule has 0 heterocycles. The van der Waals surface area contributed by atoms with Gasteiger partial charge in [0.2, 0.25) is 10.0 Å². The van der Waals surface area contributed by atoms with E-state index >= 15 is 0 Å². The van der Waals surface area contributed by atoms with Crippen molar-refractivity contribution in [3.63, 3.8) is 0 Å². The van der Waals surface area contributed by atoms with Crippen molar-refractivity contribution in [2.45, 2.75) is 45.6 Å². The minimum atomic E-state index is -3.52. The van der Waals surface area contributed by atoms with Gasteiger partial charge in [-0.3, -0.25) is 4.79 Å². The van der Waals surface area contributed by atoms with Crippen molar-refractivity contribution in [1.82, 2.24) is 4.31 Å². The highest BCUT2D eigenvalue weighted by Gasteiger charge is 2.22. The van der Waals surface area contributed by atoms with E-state index in [4.69, 9.17) is 4.74 Å². The molecule has 0 aromatic heterocycles. The first-order chi connectivity index (χ1) is 13.2. The van der Waals surface area contributed by atoms with Crippen LogP contribution >= 0.6 is 0 Å². The number of nitrogens with one attached hydrogen (secondary N) is 1. The number of sulfonamides is 1. The van der Waals surface area contributed by atoms with Gasteiger partial charge in [-0.2, -0.15) is 4.31 Å². The van der Waals surface area contributed by atoms with Crippen molar-refractivity contribution in [2.75, 3.05) is 18.4 Å². The molecule has 0 spiro atoms. The molecule has 0 aliphatic carbocycles. The van der Waals surface area contributed by atoms with Gasteiger partial charge in [0.15, 0.2) is 6.10 Å². The number of carbonyl (C=O) groups is 1. The van der Waals surface area contributed by atoms with Gasteiger partial charge in [0.1, 0.15) is 5.75 Å². The Hall–Kier alpha value is -2.38. The molecule has 2 aromatic carbocycles. The zero-order chi connectivity index (χ0) is 20.9. The molecule has 0 aliphatic heterocycles. The molecule has 0 radical (unpaired) electrons. The number of nitrogens with zero attached hydrogens (tertiary/aromatic N) is 1. The summed E-state index contributed by atoms with van der Waals surface area (Å²) in [7, 11) is -3.52. The Kier molecular flexibility index (Phi) is 7.21. The molecule has 0 saturated heterocycles. The molecule has 1 amide bonds. The Morgan fingerprint density at radius 3 is 2.07 bits per heavy atom. The lowest BCUT2D eigenvalue weighted by Gasteiger charge is -2.19. The molecule has 7 heteroatoms. The SMILES string of the molecule is CCN(CC)S(=O)(=O)c1ccc(NC(=O)[C@@H](C)Oc2c(C)cccc2C)cc1. The van der Waals surface area contributed by atoms with Crippen LogP contribution in [0.2, 0.25) is 0 Å². The fourth-order valence-electron chi connectivity index (χ4n) is 2.88. The average molecular weight is 405 g/mol. The quantitative estimate of drug-likeness (QED) is 0.727. The molecular formula is C21H28N2O4S. The molecular weight excluding hydrogens is 376 g/mol. The van der Waals surface area contributed by atoms with Gasteiger partial charge < -0.3 is 10.1 Å².